The molecule has 0 unspecified atom stereocenters. The fourth-order valence-electron chi connectivity index (χ4n) is 2.09. The quantitative estimate of drug-likeness (QED) is 0.494. The highest BCUT2D eigenvalue weighted by molar-refractivity contribution is 8.13. The molecule has 0 saturated heterocycles. The van der Waals surface area contributed by atoms with Gasteiger partial charge in [0.25, 0.3) is 0 Å². The Morgan fingerprint density at radius 1 is 1.04 bits per heavy atom. The molecular weight excluding hydrogens is 342 g/mol. The molecule has 0 radical (unpaired) electrons. The van der Waals surface area contributed by atoms with E-state index in [1.807, 2.05) is 6.92 Å². The van der Waals surface area contributed by atoms with Crippen LogP contribution in [-0.2, 0) is 19.1 Å². The third kappa shape index (κ3) is 8.49. The lowest BCUT2D eigenvalue weighted by molar-refractivity contribution is -0.139. The lowest BCUT2D eigenvalue weighted by Gasteiger charge is -2.21. The first-order valence-corrected chi connectivity index (χ1v) is 9.13. The summed E-state index contributed by atoms with van der Waals surface area (Å²) < 4.78 is 4.79. The number of carbonyl (C=O) groups is 4. The molecule has 0 fully saturated rings. The number of nitrogens with zero attached hydrogens (tertiary/aromatic N) is 1. The number of carbonyl (C=O) groups excluding carboxylic acids is 4. The summed E-state index contributed by atoms with van der Waals surface area (Å²) >= 11 is 1.10. The smallest absolute Gasteiger partial charge is 0.345 e. The highest BCUT2D eigenvalue weighted by Crippen LogP contribution is 2.08. The van der Waals surface area contributed by atoms with Crippen molar-refractivity contribution in [3.63, 3.8) is 0 Å². The molecule has 0 bridgehead atoms. The van der Waals surface area contributed by atoms with Gasteiger partial charge in [0.2, 0.25) is 5.91 Å². The maximum absolute atomic E-state index is 12.2. The number of hydrogen-bond acceptors (Lipinski definition) is 6. The summed E-state index contributed by atoms with van der Waals surface area (Å²) in [7, 11) is 0. The molecule has 136 valence electrons. The predicted octanol–water partition coefficient (Wildman–Crippen LogP) is 2.67. The van der Waals surface area contributed by atoms with Crippen LogP contribution in [0.2, 0.25) is 0 Å². The molecule has 1 amide bonds. The lowest BCUT2D eigenvalue weighted by Crippen LogP contribution is -2.34. The van der Waals surface area contributed by atoms with E-state index < -0.39 is 11.9 Å². The average molecular weight is 365 g/mol. The highest BCUT2D eigenvalue weighted by atomic mass is 32.2. The van der Waals surface area contributed by atoms with Gasteiger partial charge in [-0.05, 0) is 18.6 Å². The van der Waals surface area contributed by atoms with E-state index in [0.717, 1.165) is 18.2 Å². The zero-order valence-corrected chi connectivity index (χ0v) is 15.3. The van der Waals surface area contributed by atoms with Gasteiger partial charge in [-0.1, -0.05) is 36.9 Å². The van der Waals surface area contributed by atoms with Crippen molar-refractivity contribution in [3.05, 3.63) is 35.9 Å². The van der Waals surface area contributed by atoms with Crippen LogP contribution in [0.1, 0.15) is 43.5 Å². The Kier molecular flexibility index (Phi) is 9.54. The zero-order chi connectivity index (χ0) is 18.7. The van der Waals surface area contributed by atoms with Gasteiger partial charge in [-0.25, -0.2) is 4.79 Å². The van der Waals surface area contributed by atoms with E-state index >= 15 is 0 Å². The maximum atomic E-state index is 12.2. The summed E-state index contributed by atoms with van der Waals surface area (Å²) in [6.07, 6.45) is 0.940. The molecule has 0 atom stereocenters. The van der Waals surface area contributed by atoms with Gasteiger partial charge in [0.1, 0.15) is 0 Å². The molecule has 0 aliphatic rings. The summed E-state index contributed by atoms with van der Waals surface area (Å²) in [5, 5.41) is -0.0298. The third-order valence-corrected chi connectivity index (χ3v) is 4.08. The monoisotopic (exact) mass is 365 g/mol. The minimum Gasteiger partial charge on any atom is -0.389 e. The maximum Gasteiger partial charge on any atom is 0.345 e. The van der Waals surface area contributed by atoms with Gasteiger partial charge in [0.15, 0.2) is 5.12 Å². The van der Waals surface area contributed by atoms with Gasteiger partial charge < -0.3 is 9.64 Å². The number of benzene rings is 1. The van der Waals surface area contributed by atoms with Crippen LogP contribution in [0, 0.1) is 0 Å². The summed E-state index contributed by atoms with van der Waals surface area (Å²) in [6.45, 7) is 4.10. The largest absolute Gasteiger partial charge is 0.389 e. The number of rotatable bonds is 9. The standard InChI is InChI=1S/C18H23NO5S/c1-3-11-19(16(21)10-13-25-14(2)20)12-9-17(22)24-18(23)15-7-5-4-6-8-15/h4-8H,3,9-13H2,1-2H3. The van der Waals surface area contributed by atoms with Gasteiger partial charge >= 0.3 is 11.9 Å². The molecular formula is C18H23NO5S. The molecule has 1 rings (SSSR count). The molecule has 1 aromatic carbocycles. The normalized spacial score (nSPS) is 10.2. The van der Waals surface area contributed by atoms with Crippen molar-refractivity contribution in [2.24, 2.45) is 0 Å². The van der Waals surface area contributed by atoms with Crippen LogP contribution in [-0.4, -0.2) is 46.7 Å². The van der Waals surface area contributed by atoms with Gasteiger partial charge in [-0.3, -0.25) is 14.4 Å². The Morgan fingerprint density at radius 3 is 2.32 bits per heavy atom. The Hall–Kier alpha value is -2.15. The molecule has 0 aliphatic heterocycles. The molecule has 6 nitrogen and oxygen atoms in total. The molecule has 7 heteroatoms. The van der Waals surface area contributed by atoms with Crippen molar-refractivity contribution in [3.8, 4) is 0 Å². The van der Waals surface area contributed by atoms with Crippen molar-refractivity contribution >= 4 is 34.7 Å². The Labute approximate surface area is 151 Å². The zero-order valence-electron chi connectivity index (χ0n) is 14.5. The SMILES string of the molecule is CCCN(CCC(=O)OC(=O)c1ccccc1)C(=O)CCSC(C)=O. The van der Waals surface area contributed by atoms with Gasteiger partial charge in [0, 0.05) is 32.2 Å². The van der Waals surface area contributed by atoms with Crippen LogP contribution in [0.15, 0.2) is 30.3 Å². The predicted molar refractivity (Wildman–Crippen MR) is 96.1 cm³/mol. The van der Waals surface area contributed by atoms with E-state index in [-0.39, 0.29) is 30.4 Å². The summed E-state index contributed by atoms with van der Waals surface area (Å²) in [6, 6.07) is 8.26. The van der Waals surface area contributed by atoms with Crippen molar-refractivity contribution in [1.29, 1.82) is 0 Å². The van der Waals surface area contributed by atoms with Gasteiger partial charge in [0.05, 0.1) is 12.0 Å². The molecule has 25 heavy (non-hydrogen) atoms. The van der Waals surface area contributed by atoms with Crippen LogP contribution in [0.4, 0.5) is 0 Å². The molecule has 0 saturated carbocycles. The van der Waals surface area contributed by atoms with E-state index in [4.69, 9.17) is 4.74 Å². The fraction of sp³-hybridized carbons (Fsp3) is 0.444. The summed E-state index contributed by atoms with van der Waals surface area (Å²) in [4.78, 5) is 48.3. The Morgan fingerprint density at radius 2 is 1.72 bits per heavy atom. The van der Waals surface area contributed by atoms with Crippen LogP contribution in [0.25, 0.3) is 0 Å². The van der Waals surface area contributed by atoms with E-state index in [2.05, 4.69) is 0 Å². The number of esters is 2. The Balaban J connectivity index is 2.44. The second-order valence-corrected chi connectivity index (χ2v) is 6.62. The minimum atomic E-state index is -0.697. The number of ether oxygens (including phenoxy) is 1. The highest BCUT2D eigenvalue weighted by Gasteiger charge is 2.17. The third-order valence-electron chi connectivity index (χ3n) is 3.27. The van der Waals surface area contributed by atoms with E-state index in [9.17, 15) is 19.2 Å². The van der Waals surface area contributed by atoms with Crippen LogP contribution in [0.3, 0.4) is 0 Å². The average Bonchev–Trinajstić information content (AvgIpc) is 2.58. The van der Waals surface area contributed by atoms with E-state index in [1.54, 1.807) is 35.2 Å². The van der Waals surface area contributed by atoms with Crippen molar-refractivity contribution in [1.82, 2.24) is 4.90 Å². The van der Waals surface area contributed by atoms with Crippen LogP contribution < -0.4 is 0 Å². The molecule has 1 aromatic rings. The molecule has 0 spiro atoms. The summed E-state index contributed by atoms with van der Waals surface area (Å²) in [5.74, 6) is -1.05. The molecule has 0 heterocycles. The van der Waals surface area contributed by atoms with Gasteiger partial charge in [-0.2, -0.15) is 0 Å². The van der Waals surface area contributed by atoms with Crippen molar-refractivity contribution < 1.29 is 23.9 Å². The first-order valence-electron chi connectivity index (χ1n) is 8.15. The fourth-order valence-corrected chi connectivity index (χ4v) is 2.65. The number of thioether (sulfide) groups is 1. The first-order chi connectivity index (χ1) is 11.9. The van der Waals surface area contributed by atoms with E-state index in [1.165, 1.54) is 6.92 Å². The lowest BCUT2D eigenvalue weighted by atomic mass is 10.2. The number of amides is 1. The molecule has 0 aliphatic carbocycles. The van der Waals surface area contributed by atoms with Crippen LogP contribution >= 0.6 is 11.8 Å². The second kappa shape index (κ2) is 11.4. The van der Waals surface area contributed by atoms with Crippen molar-refractivity contribution in [2.45, 2.75) is 33.1 Å². The Bertz CT molecular complexity index is 603. The molecule has 0 aromatic heterocycles. The van der Waals surface area contributed by atoms with Crippen LogP contribution in [0.5, 0.6) is 0 Å². The van der Waals surface area contributed by atoms with E-state index in [0.29, 0.717) is 17.9 Å². The first kappa shape index (κ1) is 20.9. The number of hydrogen-bond donors (Lipinski definition) is 0. The topological polar surface area (TPSA) is 80.8 Å². The van der Waals surface area contributed by atoms with Gasteiger partial charge in [-0.15, -0.1) is 0 Å². The van der Waals surface area contributed by atoms with Crippen molar-refractivity contribution in [2.75, 3.05) is 18.8 Å². The summed E-state index contributed by atoms with van der Waals surface area (Å²) in [5.41, 5.74) is 0.304. The minimum absolute atomic E-state index is 0.0298. The molecule has 0 N–H and O–H groups in total. The second-order valence-electron chi connectivity index (χ2n) is 5.35.